The minimum Gasteiger partial charge on any atom is -0.312 e. The summed E-state index contributed by atoms with van der Waals surface area (Å²) in [6.07, 6.45) is 18.0. The molecule has 0 aromatic rings. The second-order valence-corrected chi connectivity index (χ2v) is 6.98. The second-order valence-electron chi connectivity index (χ2n) is 6.98. The SMILES string of the molecule is C1CCC1.C1CCC1.C1CCC1.C=NC.C=[N+](C)C.CN(C)C. The van der Waals surface area contributed by atoms with E-state index in [4.69, 9.17) is 0 Å². The van der Waals surface area contributed by atoms with Gasteiger partial charge < -0.3 is 9.89 Å². The van der Waals surface area contributed by atoms with Gasteiger partial charge in [-0.3, -0.25) is 0 Å². The van der Waals surface area contributed by atoms with Gasteiger partial charge in [0.2, 0.25) is 0 Å². The lowest BCUT2D eigenvalue weighted by Crippen LogP contribution is -1.99. The van der Waals surface area contributed by atoms with E-state index < -0.39 is 0 Å². The van der Waals surface area contributed by atoms with Gasteiger partial charge in [0, 0.05) is 7.05 Å². The Balaban J connectivity index is -0.000000209. The smallest absolute Gasteiger partial charge is 0.131 e. The molecule has 3 aliphatic carbocycles. The van der Waals surface area contributed by atoms with E-state index in [9.17, 15) is 0 Å². The maximum absolute atomic E-state index is 3.47. The first-order chi connectivity index (χ1) is 10.9. The number of hydrogen-bond acceptors (Lipinski definition) is 2. The predicted octanol–water partition coefficient (Wildman–Crippen LogP) is 5.13. The topological polar surface area (TPSA) is 18.6 Å². The Bertz CT molecular complexity index is 175. The van der Waals surface area contributed by atoms with Gasteiger partial charge in [0.25, 0.3) is 0 Å². The van der Waals surface area contributed by atoms with E-state index in [1.165, 1.54) is 77.0 Å². The highest BCUT2D eigenvalue weighted by Crippen LogP contribution is 2.15. The Morgan fingerprint density at radius 1 is 0.652 bits per heavy atom. The Morgan fingerprint density at radius 2 is 0.696 bits per heavy atom. The molecule has 3 rings (SSSR count). The van der Waals surface area contributed by atoms with Gasteiger partial charge in [-0.1, -0.05) is 77.0 Å². The summed E-state index contributed by atoms with van der Waals surface area (Å²) in [5.41, 5.74) is 0. The van der Waals surface area contributed by atoms with Crippen LogP contribution in [0.4, 0.5) is 0 Å². The maximum atomic E-state index is 3.47. The molecule has 0 radical (unpaired) electrons. The predicted molar refractivity (Wildman–Crippen MR) is 110 cm³/mol. The highest BCUT2D eigenvalue weighted by atomic mass is 15.0. The van der Waals surface area contributed by atoms with Gasteiger partial charge in [0.1, 0.15) is 20.8 Å². The fourth-order valence-electron chi connectivity index (χ4n) is 0.750. The molecule has 0 aromatic heterocycles. The summed E-state index contributed by atoms with van der Waals surface area (Å²) in [5.74, 6) is 0. The van der Waals surface area contributed by atoms with Gasteiger partial charge in [-0.05, 0) is 27.9 Å². The summed E-state index contributed by atoms with van der Waals surface area (Å²) < 4.78 is 1.75. The van der Waals surface area contributed by atoms with E-state index in [1.54, 1.807) is 11.6 Å². The zero-order valence-electron chi connectivity index (χ0n) is 17.2. The van der Waals surface area contributed by atoms with Crippen LogP contribution in [0.3, 0.4) is 0 Å². The molecule has 3 heteroatoms. The average Bonchev–Trinajstić information content (AvgIpc) is 2.04. The number of rotatable bonds is 0. The van der Waals surface area contributed by atoms with Crippen LogP contribution in [0.15, 0.2) is 4.99 Å². The van der Waals surface area contributed by atoms with Crippen molar-refractivity contribution in [3.8, 4) is 0 Å². The van der Waals surface area contributed by atoms with E-state index in [-0.39, 0.29) is 0 Å². The summed E-state index contributed by atoms with van der Waals surface area (Å²) in [5, 5.41) is 0. The third-order valence-electron chi connectivity index (χ3n) is 3.00. The first kappa shape index (κ1) is 27.2. The van der Waals surface area contributed by atoms with Crippen molar-refractivity contribution >= 4 is 13.4 Å². The summed E-state index contributed by atoms with van der Waals surface area (Å²) in [4.78, 5) is 5.25. The van der Waals surface area contributed by atoms with Gasteiger partial charge >= 0.3 is 0 Å². The molecule has 3 nitrogen and oxygen atoms in total. The second kappa shape index (κ2) is 26.2. The molecule has 0 heterocycles. The van der Waals surface area contributed by atoms with E-state index >= 15 is 0 Å². The van der Waals surface area contributed by atoms with Gasteiger partial charge in [0.05, 0.1) is 0 Å². The lowest BCUT2D eigenvalue weighted by molar-refractivity contribution is -0.454. The van der Waals surface area contributed by atoms with Crippen LogP contribution in [0.5, 0.6) is 0 Å². The molecule has 140 valence electrons. The van der Waals surface area contributed by atoms with E-state index in [2.05, 4.69) is 18.4 Å². The third-order valence-corrected chi connectivity index (χ3v) is 3.00. The van der Waals surface area contributed by atoms with Crippen molar-refractivity contribution in [2.75, 3.05) is 42.3 Å². The van der Waals surface area contributed by atoms with Gasteiger partial charge in [-0.15, -0.1) is 0 Å². The summed E-state index contributed by atoms with van der Waals surface area (Å²) in [6, 6.07) is 0. The van der Waals surface area contributed by atoms with E-state index in [0.717, 1.165) is 0 Å². The zero-order chi connectivity index (χ0) is 18.3. The highest BCUT2D eigenvalue weighted by molar-refractivity contribution is 5.22. The average molecular weight is 329 g/mol. The highest BCUT2D eigenvalue weighted by Gasteiger charge is 1.96. The normalized spacial score (nSPS) is 15.8. The van der Waals surface area contributed by atoms with Crippen molar-refractivity contribution in [2.24, 2.45) is 4.99 Å². The molecule has 0 saturated heterocycles. The molecule has 0 aromatic carbocycles. The molecule has 0 aliphatic heterocycles. The van der Waals surface area contributed by atoms with Crippen molar-refractivity contribution in [1.29, 1.82) is 0 Å². The Hall–Kier alpha value is -0.700. The van der Waals surface area contributed by atoms with Crippen molar-refractivity contribution in [2.45, 2.75) is 77.0 Å². The van der Waals surface area contributed by atoms with E-state index in [1.807, 2.05) is 40.1 Å². The van der Waals surface area contributed by atoms with E-state index in [0.29, 0.717) is 0 Å². The van der Waals surface area contributed by atoms with Crippen LogP contribution in [0.1, 0.15) is 77.0 Å². The largest absolute Gasteiger partial charge is 0.312 e. The van der Waals surface area contributed by atoms with Crippen molar-refractivity contribution in [1.82, 2.24) is 4.90 Å². The lowest BCUT2D eigenvalue weighted by atomic mass is 10.0. The van der Waals surface area contributed by atoms with Crippen LogP contribution in [-0.2, 0) is 0 Å². The number of nitrogens with zero attached hydrogens (tertiary/aromatic N) is 3. The quantitative estimate of drug-likeness (QED) is 0.445. The molecule has 0 unspecified atom stereocenters. The van der Waals surface area contributed by atoms with Crippen molar-refractivity contribution in [3.05, 3.63) is 0 Å². The molecule has 0 N–H and O–H groups in total. The fraction of sp³-hybridized carbons (Fsp3) is 0.900. The number of aliphatic imine (C=N–C) groups is 1. The minimum atomic E-state index is 1.50. The Morgan fingerprint density at radius 3 is 0.696 bits per heavy atom. The summed E-state index contributed by atoms with van der Waals surface area (Å²) >= 11 is 0. The molecular weight excluding hydrogens is 282 g/mol. The molecule has 23 heavy (non-hydrogen) atoms. The summed E-state index contributed by atoms with van der Waals surface area (Å²) in [7, 11) is 11.4. The molecule has 3 fully saturated rings. The zero-order valence-corrected chi connectivity index (χ0v) is 17.2. The lowest BCUT2D eigenvalue weighted by Gasteiger charge is -2.05. The van der Waals surface area contributed by atoms with Crippen LogP contribution >= 0.6 is 0 Å². The summed E-state index contributed by atoms with van der Waals surface area (Å²) in [6.45, 7) is 6.58. The Labute approximate surface area is 147 Å². The van der Waals surface area contributed by atoms with Crippen LogP contribution in [-0.4, -0.2) is 65.2 Å². The van der Waals surface area contributed by atoms with Crippen LogP contribution in [0, 0.1) is 0 Å². The third kappa shape index (κ3) is 62.1. The standard InChI is InChI=1S/3C4H8.C3H9N.C3H8N.C2H5N/c3*1-2-4-3-1;2*1-4(2)3;1-3-2/h3*1-4H2;1-3H3;1H2,2-3H3;1H2,2H3/q;;;;+1;. The first-order valence-corrected chi connectivity index (χ1v) is 9.32. The van der Waals surface area contributed by atoms with Crippen molar-refractivity contribution < 1.29 is 4.58 Å². The Kier molecular flexibility index (Phi) is 31.0. The molecule has 0 spiro atoms. The molecule has 0 amide bonds. The fourth-order valence-corrected chi connectivity index (χ4v) is 0.750. The molecular formula is C20H46N3+. The van der Waals surface area contributed by atoms with Crippen LogP contribution in [0.25, 0.3) is 0 Å². The van der Waals surface area contributed by atoms with Crippen LogP contribution < -0.4 is 0 Å². The monoisotopic (exact) mass is 328 g/mol. The molecule has 3 aliphatic rings. The van der Waals surface area contributed by atoms with Crippen molar-refractivity contribution in [3.63, 3.8) is 0 Å². The van der Waals surface area contributed by atoms with Gasteiger partial charge in [-0.2, -0.15) is 0 Å². The first-order valence-electron chi connectivity index (χ1n) is 9.32. The molecule has 0 atom stereocenters. The van der Waals surface area contributed by atoms with Crippen LogP contribution in [0.2, 0.25) is 0 Å². The van der Waals surface area contributed by atoms with Gasteiger partial charge in [0.15, 0.2) is 0 Å². The maximum Gasteiger partial charge on any atom is 0.131 e. The minimum absolute atomic E-state index is 1.50. The van der Waals surface area contributed by atoms with Gasteiger partial charge in [-0.25, -0.2) is 4.58 Å². The molecule has 0 bridgehead atoms. The molecule has 3 saturated carbocycles. The number of hydrogen-bond donors (Lipinski definition) is 0.